The number of ether oxygens (including phenoxy) is 1. The number of carbonyl (C=O) groups excluding carboxylic acids is 1. The van der Waals surface area contributed by atoms with Crippen molar-refractivity contribution in [3.63, 3.8) is 0 Å². The molecule has 0 spiro atoms. The number of aliphatic hydroxyl groups is 1. The lowest BCUT2D eigenvalue weighted by Crippen LogP contribution is -2.37. The van der Waals surface area contributed by atoms with Crippen LogP contribution in [0.2, 0.25) is 0 Å². The SMILES string of the molecule is CN(C)C(=O)c1ccc(N)cc1NCC1(O)CCOC1. The van der Waals surface area contributed by atoms with Gasteiger partial charge in [-0.3, -0.25) is 4.79 Å². The molecule has 0 radical (unpaired) electrons. The Morgan fingerprint density at radius 1 is 1.55 bits per heavy atom. The van der Waals surface area contributed by atoms with E-state index in [4.69, 9.17) is 10.5 Å². The Bertz CT molecular complexity index is 496. The maximum Gasteiger partial charge on any atom is 0.255 e. The van der Waals surface area contributed by atoms with Gasteiger partial charge in [-0.1, -0.05) is 0 Å². The Kier molecular flexibility index (Phi) is 4.15. The fourth-order valence-corrected chi connectivity index (χ4v) is 2.13. The van der Waals surface area contributed by atoms with Gasteiger partial charge in [0.1, 0.15) is 5.60 Å². The number of nitrogen functional groups attached to an aromatic ring is 1. The first kappa shape index (κ1) is 14.6. The third-order valence-electron chi connectivity index (χ3n) is 3.37. The second kappa shape index (κ2) is 5.68. The smallest absolute Gasteiger partial charge is 0.255 e. The normalized spacial score (nSPS) is 21.8. The van der Waals surface area contributed by atoms with Gasteiger partial charge in [0.2, 0.25) is 0 Å². The molecule has 2 rings (SSSR count). The van der Waals surface area contributed by atoms with Gasteiger partial charge in [-0.15, -0.1) is 0 Å². The highest BCUT2D eigenvalue weighted by atomic mass is 16.5. The van der Waals surface area contributed by atoms with Gasteiger partial charge >= 0.3 is 0 Å². The Morgan fingerprint density at radius 3 is 2.90 bits per heavy atom. The molecule has 20 heavy (non-hydrogen) atoms. The average molecular weight is 279 g/mol. The highest BCUT2D eigenvalue weighted by Gasteiger charge is 2.32. The topological polar surface area (TPSA) is 87.8 Å². The van der Waals surface area contributed by atoms with E-state index in [-0.39, 0.29) is 5.91 Å². The van der Waals surface area contributed by atoms with Crippen LogP contribution < -0.4 is 11.1 Å². The highest BCUT2D eigenvalue weighted by molar-refractivity contribution is 6.00. The number of nitrogens with one attached hydrogen (secondary N) is 1. The molecular formula is C14H21N3O3. The predicted octanol–water partition coefficient (Wildman–Crippen LogP) is 0.534. The first-order chi connectivity index (χ1) is 9.41. The fraction of sp³-hybridized carbons (Fsp3) is 0.500. The van der Waals surface area contributed by atoms with Crippen molar-refractivity contribution in [3.05, 3.63) is 23.8 Å². The number of hydrogen-bond acceptors (Lipinski definition) is 5. The molecule has 1 aliphatic rings. The van der Waals surface area contributed by atoms with E-state index in [1.165, 1.54) is 4.90 Å². The Morgan fingerprint density at radius 2 is 2.30 bits per heavy atom. The third kappa shape index (κ3) is 3.20. The summed E-state index contributed by atoms with van der Waals surface area (Å²) in [7, 11) is 3.39. The number of hydrogen-bond donors (Lipinski definition) is 3. The molecule has 0 aliphatic carbocycles. The lowest BCUT2D eigenvalue weighted by Gasteiger charge is -2.23. The molecule has 1 amide bonds. The Hall–Kier alpha value is -1.79. The number of benzene rings is 1. The number of nitrogens with zero attached hydrogens (tertiary/aromatic N) is 1. The van der Waals surface area contributed by atoms with Crippen LogP contribution >= 0.6 is 0 Å². The van der Waals surface area contributed by atoms with Crippen LogP contribution in [0, 0.1) is 0 Å². The summed E-state index contributed by atoms with van der Waals surface area (Å²) in [6.07, 6.45) is 0.583. The zero-order valence-electron chi connectivity index (χ0n) is 11.8. The average Bonchev–Trinajstić information content (AvgIpc) is 2.83. The third-order valence-corrected chi connectivity index (χ3v) is 3.37. The van der Waals surface area contributed by atoms with E-state index in [1.54, 1.807) is 32.3 Å². The van der Waals surface area contributed by atoms with Crippen LogP contribution in [0.3, 0.4) is 0 Å². The van der Waals surface area contributed by atoms with Crippen molar-refractivity contribution in [2.45, 2.75) is 12.0 Å². The van der Waals surface area contributed by atoms with Crippen molar-refractivity contribution in [1.29, 1.82) is 0 Å². The minimum absolute atomic E-state index is 0.109. The summed E-state index contributed by atoms with van der Waals surface area (Å²) in [6, 6.07) is 5.08. The van der Waals surface area contributed by atoms with Gasteiger partial charge in [0.15, 0.2) is 0 Å². The van der Waals surface area contributed by atoms with Crippen molar-refractivity contribution >= 4 is 17.3 Å². The van der Waals surface area contributed by atoms with E-state index in [2.05, 4.69) is 5.32 Å². The zero-order valence-corrected chi connectivity index (χ0v) is 11.8. The number of carbonyl (C=O) groups is 1. The lowest BCUT2D eigenvalue weighted by atomic mass is 10.0. The minimum atomic E-state index is -0.886. The molecule has 6 nitrogen and oxygen atoms in total. The monoisotopic (exact) mass is 279 g/mol. The van der Waals surface area contributed by atoms with Gasteiger partial charge in [0.25, 0.3) is 5.91 Å². The van der Waals surface area contributed by atoms with Crippen LogP contribution in [-0.4, -0.2) is 55.4 Å². The summed E-state index contributed by atoms with van der Waals surface area (Å²) in [5, 5.41) is 13.4. The van der Waals surface area contributed by atoms with Gasteiger partial charge < -0.3 is 25.8 Å². The first-order valence-electron chi connectivity index (χ1n) is 6.56. The molecule has 1 aliphatic heterocycles. The molecule has 4 N–H and O–H groups in total. The van der Waals surface area contributed by atoms with Gasteiger partial charge in [-0.2, -0.15) is 0 Å². The van der Waals surface area contributed by atoms with Crippen molar-refractivity contribution in [2.24, 2.45) is 0 Å². The number of rotatable bonds is 4. The molecule has 6 heteroatoms. The molecule has 1 aromatic rings. The van der Waals surface area contributed by atoms with Gasteiger partial charge in [0, 0.05) is 45.0 Å². The zero-order chi connectivity index (χ0) is 14.8. The van der Waals surface area contributed by atoms with Gasteiger partial charge in [0.05, 0.1) is 12.2 Å². The summed E-state index contributed by atoms with van der Waals surface area (Å²) in [5.41, 5.74) is 6.61. The maximum absolute atomic E-state index is 12.1. The van der Waals surface area contributed by atoms with E-state index >= 15 is 0 Å². The van der Waals surface area contributed by atoms with E-state index in [0.717, 1.165) is 0 Å². The minimum Gasteiger partial charge on any atom is -0.399 e. The summed E-state index contributed by atoms with van der Waals surface area (Å²) < 4.78 is 5.20. The number of anilines is 2. The summed E-state index contributed by atoms with van der Waals surface area (Å²) in [6.45, 7) is 1.18. The maximum atomic E-state index is 12.1. The van der Waals surface area contributed by atoms with Crippen molar-refractivity contribution in [3.8, 4) is 0 Å². The predicted molar refractivity (Wildman–Crippen MR) is 77.7 cm³/mol. The van der Waals surface area contributed by atoms with E-state index in [0.29, 0.717) is 43.1 Å². The summed E-state index contributed by atoms with van der Waals surface area (Å²) >= 11 is 0. The Balaban J connectivity index is 2.17. The number of amides is 1. The van der Waals surface area contributed by atoms with Crippen LogP contribution in [0.1, 0.15) is 16.8 Å². The molecule has 1 fully saturated rings. The van der Waals surface area contributed by atoms with Crippen LogP contribution in [-0.2, 0) is 4.74 Å². The molecule has 1 saturated heterocycles. The molecule has 0 bridgehead atoms. The summed E-state index contributed by atoms with van der Waals surface area (Å²) in [4.78, 5) is 13.6. The van der Waals surface area contributed by atoms with Crippen LogP contribution in [0.5, 0.6) is 0 Å². The largest absolute Gasteiger partial charge is 0.399 e. The first-order valence-corrected chi connectivity index (χ1v) is 6.56. The van der Waals surface area contributed by atoms with Crippen molar-refractivity contribution < 1.29 is 14.6 Å². The molecule has 0 aromatic heterocycles. The van der Waals surface area contributed by atoms with E-state index in [1.807, 2.05) is 0 Å². The van der Waals surface area contributed by atoms with E-state index in [9.17, 15) is 9.90 Å². The standard InChI is InChI=1S/C14H21N3O3/c1-17(2)13(18)11-4-3-10(15)7-12(11)16-8-14(19)5-6-20-9-14/h3-4,7,16,19H,5-6,8-9,15H2,1-2H3. The second-order valence-corrected chi connectivity index (χ2v) is 5.39. The lowest BCUT2D eigenvalue weighted by molar-refractivity contribution is 0.0381. The quantitative estimate of drug-likeness (QED) is 0.700. The number of nitrogens with two attached hydrogens (primary N) is 1. The fourth-order valence-electron chi connectivity index (χ4n) is 2.13. The molecule has 1 aromatic carbocycles. The van der Waals surface area contributed by atoms with Crippen molar-refractivity contribution in [2.75, 3.05) is 44.9 Å². The second-order valence-electron chi connectivity index (χ2n) is 5.39. The van der Waals surface area contributed by atoms with Crippen LogP contribution in [0.15, 0.2) is 18.2 Å². The summed E-state index contributed by atoms with van der Waals surface area (Å²) in [5.74, 6) is -0.109. The highest BCUT2D eigenvalue weighted by Crippen LogP contribution is 2.24. The molecule has 1 heterocycles. The van der Waals surface area contributed by atoms with Crippen LogP contribution in [0.4, 0.5) is 11.4 Å². The Labute approximate surface area is 118 Å². The molecule has 110 valence electrons. The van der Waals surface area contributed by atoms with E-state index < -0.39 is 5.60 Å². The molecule has 1 atom stereocenters. The molecule has 1 unspecified atom stereocenters. The molecule has 0 saturated carbocycles. The van der Waals surface area contributed by atoms with Gasteiger partial charge in [-0.25, -0.2) is 0 Å². The van der Waals surface area contributed by atoms with Crippen molar-refractivity contribution in [1.82, 2.24) is 4.90 Å². The molecular weight excluding hydrogens is 258 g/mol. The van der Waals surface area contributed by atoms with Crippen LogP contribution in [0.25, 0.3) is 0 Å². The van der Waals surface area contributed by atoms with Gasteiger partial charge in [-0.05, 0) is 18.2 Å².